The van der Waals surface area contributed by atoms with Crippen molar-refractivity contribution in [2.45, 2.75) is 13.1 Å². The van der Waals surface area contributed by atoms with Crippen LogP contribution < -0.4 is 5.32 Å². The van der Waals surface area contributed by atoms with E-state index in [1.54, 1.807) is 5.32 Å². The van der Waals surface area contributed by atoms with E-state index >= 15 is 0 Å². The maximum atomic E-state index is 13.0. The van der Waals surface area contributed by atoms with Crippen LogP contribution in [0.25, 0.3) is 0 Å². The molecule has 1 N–H and O–H groups in total. The fraction of sp³-hybridized carbons (Fsp3) is 0.222. The Kier molecular flexibility index (Phi) is 3.57. The van der Waals surface area contributed by atoms with E-state index in [0.717, 1.165) is 6.07 Å². The van der Waals surface area contributed by atoms with E-state index in [4.69, 9.17) is 0 Å². The van der Waals surface area contributed by atoms with E-state index in [1.165, 1.54) is 13.0 Å². The first-order valence-corrected chi connectivity index (χ1v) is 4.85. The van der Waals surface area contributed by atoms with Crippen LogP contribution in [0.2, 0.25) is 0 Å². The monoisotopic (exact) mass is 299 g/mol. The number of carbonyl (C=O) groups excluding carboxylic acids is 1. The number of aryl methyl sites for hydroxylation is 1. The summed E-state index contributed by atoms with van der Waals surface area (Å²) in [7, 11) is 0. The zero-order chi connectivity index (χ0) is 12.5. The van der Waals surface area contributed by atoms with Gasteiger partial charge in [-0.25, -0.2) is 4.39 Å². The highest BCUT2D eigenvalue weighted by atomic mass is 79.9. The van der Waals surface area contributed by atoms with Crippen LogP contribution in [-0.2, 0) is 4.79 Å². The summed E-state index contributed by atoms with van der Waals surface area (Å²) < 4.78 is 48.9. The molecule has 1 rings (SSSR count). The predicted octanol–water partition coefficient (Wildman–Crippen LogP) is 3.40. The number of carbonyl (C=O) groups is 1. The highest BCUT2D eigenvalue weighted by Crippen LogP contribution is 2.25. The van der Waals surface area contributed by atoms with Crippen molar-refractivity contribution in [2.75, 3.05) is 5.32 Å². The van der Waals surface area contributed by atoms with Gasteiger partial charge in [0.1, 0.15) is 5.82 Å². The molecule has 88 valence electrons. The van der Waals surface area contributed by atoms with Crippen LogP contribution in [0.4, 0.5) is 23.2 Å². The van der Waals surface area contributed by atoms with Gasteiger partial charge in [0.2, 0.25) is 0 Å². The lowest BCUT2D eigenvalue weighted by molar-refractivity contribution is -0.167. The number of hydrogen-bond donors (Lipinski definition) is 1. The van der Waals surface area contributed by atoms with Gasteiger partial charge in [0, 0.05) is 5.69 Å². The van der Waals surface area contributed by atoms with Crippen LogP contribution >= 0.6 is 15.9 Å². The SMILES string of the molecule is Cc1cc(Br)c(F)cc1NC(=O)C(F)(F)F. The molecule has 0 radical (unpaired) electrons. The maximum Gasteiger partial charge on any atom is 0.471 e. The van der Waals surface area contributed by atoms with Gasteiger partial charge in [-0.15, -0.1) is 0 Å². The molecular weight excluding hydrogens is 294 g/mol. The quantitative estimate of drug-likeness (QED) is 0.791. The highest BCUT2D eigenvalue weighted by molar-refractivity contribution is 9.10. The molecule has 2 nitrogen and oxygen atoms in total. The zero-order valence-corrected chi connectivity index (χ0v) is 9.54. The zero-order valence-electron chi connectivity index (χ0n) is 7.95. The fourth-order valence-electron chi connectivity index (χ4n) is 0.974. The minimum atomic E-state index is -4.99. The molecule has 0 fully saturated rings. The van der Waals surface area contributed by atoms with Crippen molar-refractivity contribution in [3.63, 3.8) is 0 Å². The van der Waals surface area contributed by atoms with Crippen molar-refractivity contribution >= 4 is 27.5 Å². The van der Waals surface area contributed by atoms with E-state index < -0.39 is 17.9 Å². The number of halogens is 5. The maximum absolute atomic E-state index is 13.0. The number of amides is 1. The van der Waals surface area contributed by atoms with E-state index in [2.05, 4.69) is 15.9 Å². The van der Waals surface area contributed by atoms with E-state index in [1.807, 2.05) is 0 Å². The van der Waals surface area contributed by atoms with Crippen molar-refractivity contribution in [3.8, 4) is 0 Å². The summed E-state index contributed by atoms with van der Waals surface area (Å²) >= 11 is 2.88. The third-order valence-corrected chi connectivity index (χ3v) is 2.38. The minimum Gasteiger partial charge on any atom is -0.318 e. The predicted molar refractivity (Wildman–Crippen MR) is 53.5 cm³/mol. The highest BCUT2D eigenvalue weighted by Gasteiger charge is 2.38. The fourth-order valence-corrected chi connectivity index (χ4v) is 1.43. The van der Waals surface area contributed by atoms with Crippen LogP contribution in [0.1, 0.15) is 5.56 Å². The molecule has 16 heavy (non-hydrogen) atoms. The van der Waals surface area contributed by atoms with Gasteiger partial charge in [0.05, 0.1) is 4.47 Å². The van der Waals surface area contributed by atoms with Gasteiger partial charge in [0.25, 0.3) is 0 Å². The first-order valence-electron chi connectivity index (χ1n) is 4.05. The summed E-state index contributed by atoms with van der Waals surface area (Å²) in [5, 5.41) is 1.59. The lowest BCUT2D eigenvalue weighted by Crippen LogP contribution is -2.30. The molecule has 0 spiro atoms. The molecule has 7 heteroatoms. The van der Waals surface area contributed by atoms with Gasteiger partial charge >= 0.3 is 12.1 Å². The van der Waals surface area contributed by atoms with Crippen molar-refractivity contribution < 1.29 is 22.4 Å². The van der Waals surface area contributed by atoms with Crippen molar-refractivity contribution in [1.82, 2.24) is 0 Å². The van der Waals surface area contributed by atoms with Crippen LogP contribution in [0, 0.1) is 12.7 Å². The molecule has 0 heterocycles. The summed E-state index contributed by atoms with van der Waals surface area (Å²) in [6.07, 6.45) is -4.99. The van der Waals surface area contributed by atoms with Crippen LogP contribution in [0.3, 0.4) is 0 Å². The third-order valence-electron chi connectivity index (χ3n) is 1.77. The van der Waals surface area contributed by atoms with Crippen molar-refractivity contribution in [2.24, 2.45) is 0 Å². The van der Waals surface area contributed by atoms with Gasteiger partial charge in [-0.1, -0.05) is 0 Å². The lowest BCUT2D eigenvalue weighted by Gasteiger charge is -2.10. The summed E-state index contributed by atoms with van der Waals surface area (Å²) in [6, 6.07) is 2.10. The van der Waals surface area contributed by atoms with Gasteiger partial charge in [-0.2, -0.15) is 13.2 Å². The Morgan fingerprint density at radius 2 is 1.94 bits per heavy atom. The number of rotatable bonds is 1. The third kappa shape index (κ3) is 2.94. The molecule has 0 bridgehead atoms. The molecule has 0 aliphatic carbocycles. The Morgan fingerprint density at radius 1 is 1.38 bits per heavy atom. The second-order valence-corrected chi connectivity index (χ2v) is 3.89. The van der Waals surface area contributed by atoms with Gasteiger partial charge in [0.15, 0.2) is 0 Å². The van der Waals surface area contributed by atoms with Crippen molar-refractivity contribution in [1.29, 1.82) is 0 Å². The van der Waals surface area contributed by atoms with E-state index in [0.29, 0.717) is 5.56 Å². The summed E-state index contributed by atoms with van der Waals surface area (Å²) in [5.74, 6) is -2.87. The molecule has 0 atom stereocenters. The molecule has 1 aromatic rings. The van der Waals surface area contributed by atoms with Gasteiger partial charge in [-0.05, 0) is 40.5 Å². The number of nitrogens with one attached hydrogen (secondary N) is 1. The van der Waals surface area contributed by atoms with Gasteiger partial charge < -0.3 is 5.32 Å². The topological polar surface area (TPSA) is 29.1 Å². The Hall–Kier alpha value is -1.11. The minimum absolute atomic E-state index is 0.120. The van der Waals surface area contributed by atoms with E-state index in [-0.39, 0.29) is 10.2 Å². The lowest BCUT2D eigenvalue weighted by atomic mass is 10.2. The second kappa shape index (κ2) is 4.40. The van der Waals surface area contributed by atoms with Crippen molar-refractivity contribution in [3.05, 3.63) is 28.0 Å². The van der Waals surface area contributed by atoms with Crippen LogP contribution in [0.15, 0.2) is 16.6 Å². The number of hydrogen-bond acceptors (Lipinski definition) is 1. The first kappa shape index (κ1) is 13.0. The Morgan fingerprint density at radius 3 is 2.44 bits per heavy atom. The van der Waals surface area contributed by atoms with E-state index in [9.17, 15) is 22.4 Å². The smallest absolute Gasteiger partial charge is 0.318 e. The summed E-state index contributed by atoms with van der Waals surface area (Å²) in [4.78, 5) is 10.6. The average Bonchev–Trinajstić information content (AvgIpc) is 2.12. The largest absolute Gasteiger partial charge is 0.471 e. The average molecular weight is 300 g/mol. The number of benzene rings is 1. The number of anilines is 1. The summed E-state index contributed by atoms with van der Waals surface area (Å²) in [5.41, 5.74) is 0.119. The summed E-state index contributed by atoms with van der Waals surface area (Å²) in [6.45, 7) is 1.45. The first-order chi connectivity index (χ1) is 7.21. The molecule has 0 saturated heterocycles. The van der Waals surface area contributed by atoms with Crippen LogP contribution in [0.5, 0.6) is 0 Å². The van der Waals surface area contributed by atoms with Crippen LogP contribution in [-0.4, -0.2) is 12.1 Å². The Bertz CT molecular complexity index is 430. The molecule has 1 amide bonds. The Labute approximate surface area is 96.8 Å². The molecule has 0 unspecified atom stereocenters. The second-order valence-electron chi connectivity index (χ2n) is 3.03. The molecule has 0 aliphatic heterocycles. The standard InChI is InChI=1S/C9H6BrF4NO/c1-4-2-5(10)6(11)3-7(4)15-8(16)9(12,13)14/h2-3H,1H3,(H,15,16). The molecule has 1 aromatic carbocycles. The van der Waals surface area contributed by atoms with Gasteiger partial charge in [-0.3, -0.25) is 4.79 Å². The Balaban J connectivity index is 2.99. The number of alkyl halides is 3. The normalized spacial score (nSPS) is 11.4. The molecule has 0 aliphatic rings. The molecule has 0 saturated carbocycles. The molecule has 0 aromatic heterocycles. The molecular formula is C9H6BrF4NO.